The summed E-state index contributed by atoms with van der Waals surface area (Å²) in [5, 5.41) is 9.64. The second-order valence-corrected chi connectivity index (χ2v) is 8.91. The third-order valence-electron chi connectivity index (χ3n) is 4.52. The fraction of sp³-hybridized carbons (Fsp3) is 0.160. The molecule has 0 heterocycles. The van der Waals surface area contributed by atoms with E-state index in [9.17, 15) is 9.59 Å². The van der Waals surface area contributed by atoms with E-state index in [1.54, 1.807) is 12.1 Å². The summed E-state index contributed by atoms with van der Waals surface area (Å²) in [5.41, 5.74) is 5.32. The molecule has 5 nitrogen and oxygen atoms in total. The fourth-order valence-electron chi connectivity index (χ4n) is 3.14. The van der Waals surface area contributed by atoms with Gasteiger partial charge in [-0.05, 0) is 98.7 Å². The van der Waals surface area contributed by atoms with Crippen LogP contribution in [-0.4, -0.2) is 22.6 Å². The van der Waals surface area contributed by atoms with Gasteiger partial charge in [0.2, 0.25) is 5.91 Å². The van der Waals surface area contributed by atoms with Crippen molar-refractivity contribution < 1.29 is 9.59 Å². The summed E-state index contributed by atoms with van der Waals surface area (Å²) in [7, 11) is 0. The second-order valence-electron chi connectivity index (χ2n) is 7.45. The van der Waals surface area contributed by atoms with Crippen LogP contribution in [-0.2, 0) is 4.79 Å². The van der Waals surface area contributed by atoms with Crippen molar-refractivity contribution >= 4 is 57.8 Å². The van der Waals surface area contributed by atoms with Gasteiger partial charge in [0.1, 0.15) is 0 Å². The summed E-state index contributed by atoms with van der Waals surface area (Å²) in [6.07, 6.45) is 0. The molecule has 7 heteroatoms. The molecule has 3 N–H and O–H groups in total. The van der Waals surface area contributed by atoms with Crippen LogP contribution in [0, 0.1) is 13.8 Å². The average molecular weight is 464 g/mol. The maximum atomic E-state index is 12.3. The number of amides is 1. The number of Topliss-reactive ketones (excluding diaryl/α,β-unsaturated/α-hetero) is 1. The number of rotatable bonds is 7. The number of aryl methyl sites for hydroxylation is 2. The van der Waals surface area contributed by atoms with Crippen molar-refractivity contribution in [1.29, 1.82) is 0 Å². The minimum atomic E-state index is -0.0513. The Kier molecular flexibility index (Phi) is 8.03. The fourth-order valence-corrected chi connectivity index (χ4v) is 4.13. The van der Waals surface area contributed by atoms with Crippen molar-refractivity contribution in [2.75, 3.05) is 21.7 Å². The molecule has 0 aliphatic heterocycles. The van der Waals surface area contributed by atoms with Gasteiger partial charge in [0.25, 0.3) is 0 Å². The van der Waals surface area contributed by atoms with E-state index in [1.807, 2.05) is 62.4 Å². The molecule has 0 atom stereocenters. The van der Waals surface area contributed by atoms with E-state index in [0.717, 1.165) is 33.1 Å². The number of hydrogen-bond acceptors (Lipinski definition) is 4. The first-order valence-electron chi connectivity index (χ1n) is 10.1. The van der Waals surface area contributed by atoms with Gasteiger partial charge in [-0.15, -0.1) is 11.8 Å². The van der Waals surface area contributed by atoms with Crippen LogP contribution in [0.4, 0.5) is 17.1 Å². The highest BCUT2D eigenvalue weighted by atomic mass is 32.2. The van der Waals surface area contributed by atoms with Crippen LogP contribution in [0.5, 0.6) is 0 Å². The van der Waals surface area contributed by atoms with Crippen LogP contribution in [0.15, 0.2) is 71.6 Å². The van der Waals surface area contributed by atoms with Gasteiger partial charge in [0.15, 0.2) is 10.9 Å². The first-order valence-corrected chi connectivity index (χ1v) is 11.5. The standard InChI is InChI=1S/C25H25N3O2S2/c1-16-11-17(2)13-22(12-16)26-24(30)15-32-23-6-4-5-21(14-23)28-25(31)27-20-9-7-19(8-10-20)18(3)29/h4-14H,15H2,1-3H3,(H,26,30)(H2,27,28,31). The molecule has 1 amide bonds. The topological polar surface area (TPSA) is 70.2 Å². The van der Waals surface area contributed by atoms with Gasteiger partial charge in [-0.25, -0.2) is 0 Å². The zero-order valence-corrected chi connectivity index (χ0v) is 19.8. The number of hydrogen-bond donors (Lipinski definition) is 3. The molecule has 32 heavy (non-hydrogen) atoms. The number of thiocarbonyl (C=S) groups is 1. The van der Waals surface area contributed by atoms with Crippen molar-refractivity contribution in [3.8, 4) is 0 Å². The molecule has 0 unspecified atom stereocenters. The van der Waals surface area contributed by atoms with Crippen LogP contribution in [0.1, 0.15) is 28.4 Å². The highest BCUT2D eigenvalue weighted by molar-refractivity contribution is 8.00. The number of carbonyl (C=O) groups excluding carboxylic acids is 2. The van der Waals surface area contributed by atoms with Crippen molar-refractivity contribution in [3.05, 3.63) is 83.4 Å². The molecular formula is C25H25N3O2S2. The minimum absolute atomic E-state index is 0.0224. The van der Waals surface area contributed by atoms with Gasteiger partial charge in [0, 0.05) is 27.5 Å². The molecule has 0 saturated carbocycles. The lowest BCUT2D eigenvalue weighted by atomic mass is 10.1. The molecule has 3 rings (SSSR count). The van der Waals surface area contributed by atoms with Gasteiger partial charge in [-0.1, -0.05) is 12.1 Å². The Bertz CT molecular complexity index is 1120. The van der Waals surface area contributed by atoms with Crippen molar-refractivity contribution in [1.82, 2.24) is 0 Å². The second kappa shape index (κ2) is 10.9. The Hall–Kier alpha value is -3.16. The van der Waals surface area contributed by atoms with E-state index in [0.29, 0.717) is 16.4 Å². The largest absolute Gasteiger partial charge is 0.332 e. The number of anilines is 3. The Morgan fingerprint density at radius 3 is 2.12 bits per heavy atom. The van der Waals surface area contributed by atoms with E-state index >= 15 is 0 Å². The predicted octanol–water partition coefficient (Wildman–Crippen LogP) is 6.05. The molecule has 164 valence electrons. The summed E-state index contributed by atoms with van der Waals surface area (Å²) >= 11 is 6.84. The third kappa shape index (κ3) is 7.21. The van der Waals surface area contributed by atoms with Crippen molar-refractivity contribution in [2.45, 2.75) is 25.7 Å². The van der Waals surface area contributed by atoms with E-state index in [-0.39, 0.29) is 11.7 Å². The van der Waals surface area contributed by atoms with Crippen molar-refractivity contribution in [2.24, 2.45) is 0 Å². The minimum Gasteiger partial charge on any atom is -0.332 e. The maximum Gasteiger partial charge on any atom is 0.234 e. The van der Waals surface area contributed by atoms with E-state index < -0.39 is 0 Å². The molecule has 0 bridgehead atoms. The van der Waals surface area contributed by atoms with Crippen LogP contribution in [0.2, 0.25) is 0 Å². The highest BCUT2D eigenvalue weighted by Gasteiger charge is 2.07. The molecule has 0 aliphatic rings. The van der Waals surface area contributed by atoms with Gasteiger partial charge < -0.3 is 16.0 Å². The molecule has 0 fully saturated rings. The number of ketones is 1. The van der Waals surface area contributed by atoms with Gasteiger partial charge in [0.05, 0.1) is 5.75 Å². The van der Waals surface area contributed by atoms with E-state index in [2.05, 4.69) is 22.0 Å². The Morgan fingerprint density at radius 1 is 0.812 bits per heavy atom. The first-order chi connectivity index (χ1) is 15.3. The Labute approximate surface area is 198 Å². The first kappa shape index (κ1) is 23.5. The number of nitrogens with one attached hydrogen (secondary N) is 3. The summed E-state index contributed by atoms with van der Waals surface area (Å²) in [6.45, 7) is 5.56. The van der Waals surface area contributed by atoms with Gasteiger partial charge >= 0.3 is 0 Å². The maximum absolute atomic E-state index is 12.3. The Morgan fingerprint density at radius 2 is 1.47 bits per heavy atom. The van der Waals surface area contributed by atoms with Crippen molar-refractivity contribution in [3.63, 3.8) is 0 Å². The molecule has 0 radical (unpaired) electrons. The lowest BCUT2D eigenvalue weighted by molar-refractivity contribution is -0.113. The van der Waals surface area contributed by atoms with E-state index in [1.165, 1.54) is 18.7 Å². The number of carbonyl (C=O) groups is 2. The Balaban J connectivity index is 1.52. The van der Waals surface area contributed by atoms with E-state index in [4.69, 9.17) is 12.2 Å². The molecular weight excluding hydrogens is 438 g/mol. The molecule has 3 aromatic carbocycles. The highest BCUT2D eigenvalue weighted by Crippen LogP contribution is 2.23. The summed E-state index contributed by atoms with van der Waals surface area (Å²) in [6, 6.07) is 20.9. The van der Waals surface area contributed by atoms with Crippen LogP contribution in [0.3, 0.4) is 0 Å². The average Bonchev–Trinajstić information content (AvgIpc) is 2.72. The lowest BCUT2D eigenvalue weighted by Crippen LogP contribution is -2.19. The normalized spacial score (nSPS) is 10.3. The molecule has 3 aromatic rings. The monoisotopic (exact) mass is 463 g/mol. The SMILES string of the molecule is CC(=O)c1ccc(NC(=S)Nc2cccc(SCC(=O)Nc3cc(C)cc(C)c3)c2)cc1. The summed E-state index contributed by atoms with van der Waals surface area (Å²) < 4.78 is 0. The molecule has 0 aliphatic carbocycles. The third-order valence-corrected chi connectivity index (χ3v) is 5.71. The van der Waals surface area contributed by atoms with Crippen LogP contribution in [0.25, 0.3) is 0 Å². The quantitative estimate of drug-likeness (QED) is 0.225. The molecule has 0 spiro atoms. The van der Waals surface area contributed by atoms with Crippen LogP contribution < -0.4 is 16.0 Å². The number of thioether (sulfide) groups is 1. The summed E-state index contributed by atoms with van der Waals surface area (Å²) in [5.74, 6) is 0.278. The summed E-state index contributed by atoms with van der Waals surface area (Å²) in [4.78, 5) is 24.7. The molecule has 0 aromatic heterocycles. The number of benzene rings is 3. The van der Waals surface area contributed by atoms with Crippen LogP contribution >= 0.6 is 24.0 Å². The molecule has 0 saturated heterocycles. The van der Waals surface area contributed by atoms with Gasteiger partial charge in [-0.2, -0.15) is 0 Å². The zero-order chi connectivity index (χ0) is 23.1. The van der Waals surface area contributed by atoms with Gasteiger partial charge in [-0.3, -0.25) is 9.59 Å². The smallest absolute Gasteiger partial charge is 0.234 e. The lowest BCUT2D eigenvalue weighted by Gasteiger charge is -2.12. The predicted molar refractivity (Wildman–Crippen MR) is 138 cm³/mol. The zero-order valence-electron chi connectivity index (χ0n) is 18.2.